The summed E-state index contributed by atoms with van der Waals surface area (Å²) in [6.45, 7) is 0. The second-order valence-corrected chi connectivity index (χ2v) is 7.96. The average Bonchev–Trinajstić information content (AvgIpc) is 2.64. The summed E-state index contributed by atoms with van der Waals surface area (Å²) in [7, 11) is 3.08. The molecule has 1 heterocycles. The van der Waals surface area contributed by atoms with Gasteiger partial charge in [-0.15, -0.1) is 0 Å². The Hall–Kier alpha value is -3.37. The van der Waals surface area contributed by atoms with Crippen molar-refractivity contribution in [2.45, 2.75) is 24.1 Å². The van der Waals surface area contributed by atoms with Crippen LogP contribution in [0.4, 0.5) is 5.69 Å². The Bertz CT molecular complexity index is 1070. The highest BCUT2D eigenvalue weighted by Crippen LogP contribution is 2.50. The highest BCUT2D eigenvalue weighted by atomic mass is 16.3. The van der Waals surface area contributed by atoms with Gasteiger partial charge in [-0.05, 0) is 32.6 Å². The molecule has 0 bridgehead atoms. The van der Waals surface area contributed by atoms with Gasteiger partial charge in [-0.25, -0.2) is 0 Å². The fraction of sp³-hybridized carbons (Fsp3) is 0.350. The van der Waals surface area contributed by atoms with Gasteiger partial charge in [0.2, 0.25) is 5.78 Å². The maximum Gasteiger partial charge on any atom is 0.255 e. The van der Waals surface area contributed by atoms with Crippen LogP contribution in [0.2, 0.25) is 0 Å². The lowest BCUT2D eigenvalue weighted by atomic mass is 9.60. The number of fused-ring (bicyclic) bond motifs is 3. The van der Waals surface area contributed by atoms with E-state index in [2.05, 4.69) is 5.32 Å². The first-order valence-corrected chi connectivity index (χ1v) is 9.25. The normalized spacial score (nSPS) is 30.6. The molecule has 0 saturated heterocycles. The van der Waals surface area contributed by atoms with Crippen LogP contribution >= 0.6 is 0 Å². The number of rotatable bonds is 2. The van der Waals surface area contributed by atoms with Crippen LogP contribution < -0.4 is 11.1 Å². The van der Waals surface area contributed by atoms with Crippen molar-refractivity contribution in [2.75, 3.05) is 19.4 Å². The minimum Gasteiger partial charge on any atom is -0.508 e. The number of aliphatic hydroxyl groups excluding tert-OH is 2. The third-order valence-electron chi connectivity index (χ3n) is 6.13. The summed E-state index contributed by atoms with van der Waals surface area (Å²) in [6, 6.07) is 2.57. The topological polar surface area (TPSA) is 173 Å². The minimum absolute atomic E-state index is 0.0196. The number of benzene rings is 1. The van der Waals surface area contributed by atoms with E-state index in [1.807, 2.05) is 0 Å². The number of aromatic hydroxyl groups is 1. The standard InChI is InChI=1S/C20H21N3O7/c1-23(2)14-7-6-9-12(15(25)11-8(22-9)4-3-5-10(11)24)17(27)20(7,30)18(28)13(16(14)26)19(21)29/h3-5,7,9,14,22,24-25,28,30H,6H2,1-2H3,(H2,21,29)/t7-,9-,14-,20-/m0/s1. The van der Waals surface area contributed by atoms with E-state index < -0.39 is 58.2 Å². The number of aliphatic hydroxyl groups is 3. The Morgan fingerprint density at radius 2 is 1.90 bits per heavy atom. The van der Waals surface area contributed by atoms with Gasteiger partial charge in [0.25, 0.3) is 5.91 Å². The highest BCUT2D eigenvalue weighted by molar-refractivity contribution is 6.24. The summed E-state index contributed by atoms with van der Waals surface area (Å²) in [4.78, 5) is 39.6. The average molecular weight is 415 g/mol. The van der Waals surface area contributed by atoms with Crippen molar-refractivity contribution < 1.29 is 34.8 Å². The molecule has 0 radical (unpaired) electrons. The van der Waals surface area contributed by atoms with Gasteiger partial charge in [-0.3, -0.25) is 19.3 Å². The van der Waals surface area contributed by atoms with E-state index in [0.717, 1.165) is 0 Å². The molecule has 7 N–H and O–H groups in total. The summed E-state index contributed by atoms with van der Waals surface area (Å²) >= 11 is 0. The number of hydrogen-bond acceptors (Lipinski definition) is 9. The number of phenols is 1. The number of carbonyl (C=O) groups is 3. The van der Waals surface area contributed by atoms with Gasteiger partial charge in [-0.2, -0.15) is 0 Å². The zero-order valence-corrected chi connectivity index (χ0v) is 16.2. The molecule has 10 heteroatoms. The molecule has 3 aliphatic rings. The summed E-state index contributed by atoms with van der Waals surface area (Å²) in [5.41, 5.74) is 1.87. The molecule has 30 heavy (non-hydrogen) atoms. The van der Waals surface area contributed by atoms with Gasteiger partial charge < -0.3 is 31.5 Å². The highest BCUT2D eigenvalue weighted by Gasteiger charge is 2.64. The summed E-state index contributed by atoms with van der Waals surface area (Å²) < 4.78 is 0. The number of likely N-dealkylation sites (N-methyl/N-ethyl adjacent to an activating group) is 1. The quantitative estimate of drug-likeness (QED) is 0.351. The van der Waals surface area contributed by atoms with Crippen LogP contribution in [0.1, 0.15) is 12.0 Å². The van der Waals surface area contributed by atoms with E-state index in [-0.39, 0.29) is 23.3 Å². The van der Waals surface area contributed by atoms with Crippen LogP contribution in [0, 0.1) is 5.92 Å². The number of nitrogens with two attached hydrogens (primary N) is 1. The van der Waals surface area contributed by atoms with Gasteiger partial charge in [-0.1, -0.05) is 6.07 Å². The van der Waals surface area contributed by atoms with Crippen LogP contribution in [-0.4, -0.2) is 74.6 Å². The van der Waals surface area contributed by atoms with Crippen LogP contribution in [0.5, 0.6) is 5.75 Å². The number of nitrogens with zero attached hydrogens (tertiary/aromatic N) is 1. The molecule has 1 saturated carbocycles. The zero-order chi connectivity index (χ0) is 22.1. The van der Waals surface area contributed by atoms with E-state index in [4.69, 9.17) is 5.73 Å². The maximum atomic E-state index is 13.4. The zero-order valence-electron chi connectivity index (χ0n) is 16.2. The van der Waals surface area contributed by atoms with Crippen LogP contribution in [0.25, 0.3) is 5.76 Å². The molecule has 4 rings (SSSR count). The molecule has 1 aromatic rings. The van der Waals surface area contributed by atoms with E-state index in [9.17, 15) is 34.8 Å². The molecule has 4 atom stereocenters. The molecule has 10 nitrogen and oxygen atoms in total. The number of ketones is 2. The number of phenolic OH excluding ortho intramolecular Hbond substituents is 1. The molecular formula is C20H21N3O7. The first-order valence-electron chi connectivity index (χ1n) is 9.25. The molecule has 1 fully saturated rings. The van der Waals surface area contributed by atoms with Crippen molar-refractivity contribution in [2.24, 2.45) is 11.7 Å². The van der Waals surface area contributed by atoms with Crippen LogP contribution in [-0.2, 0) is 14.4 Å². The second kappa shape index (κ2) is 6.31. The fourth-order valence-corrected chi connectivity index (χ4v) is 4.82. The largest absolute Gasteiger partial charge is 0.508 e. The molecule has 1 amide bonds. The Balaban J connectivity index is 1.98. The molecule has 2 aliphatic carbocycles. The lowest BCUT2D eigenvalue weighted by Gasteiger charge is -2.50. The monoisotopic (exact) mass is 415 g/mol. The fourth-order valence-electron chi connectivity index (χ4n) is 4.82. The molecule has 0 spiro atoms. The van der Waals surface area contributed by atoms with E-state index >= 15 is 0 Å². The van der Waals surface area contributed by atoms with Gasteiger partial charge in [0.1, 0.15) is 22.8 Å². The van der Waals surface area contributed by atoms with Gasteiger partial charge >= 0.3 is 0 Å². The van der Waals surface area contributed by atoms with Crippen molar-refractivity contribution in [3.63, 3.8) is 0 Å². The Morgan fingerprint density at radius 1 is 1.23 bits per heavy atom. The number of amides is 1. The molecule has 158 valence electrons. The van der Waals surface area contributed by atoms with E-state index in [1.54, 1.807) is 26.2 Å². The molecule has 1 aromatic carbocycles. The molecule has 0 aromatic heterocycles. The predicted molar refractivity (Wildman–Crippen MR) is 104 cm³/mol. The third kappa shape index (κ3) is 2.34. The SMILES string of the molecule is CN(C)[C@@H]1C(=O)C(C(N)=O)=C(O)[C@@]2(O)C(=O)C3=C(O)c4c(O)cccc4N[C@H]3C[C@@H]12. The van der Waals surface area contributed by atoms with Gasteiger partial charge in [0.05, 0.1) is 23.2 Å². The number of nitrogens with one attached hydrogen (secondary N) is 1. The van der Waals surface area contributed by atoms with Crippen molar-refractivity contribution in [1.82, 2.24) is 4.90 Å². The Kier molecular flexibility index (Phi) is 4.19. The van der Waals surface area contributed by atoms with Crippen LogP contribution in [0.3, 0.4) is 0 Å². The van der Waals surface area contributed by atoms with Gasteiger partial charge in [0, 0.05) is 11.6 Å². The van der Waals surface area contributed by atoms with Crippen molar-refractivity contribution in [1.29, 1.82) is 0 Å². The van der Waals surface area contributed by atoms with E-state index in [0.29, 0.717) is 5.69 Å². The second-order valence-electron chi connectivity index (χ2n) is 7.96. The Labute approximate surface area is 170 Å². The van der Waals surface area contributed by atoms with Crippen molar-refractivity contribution in [3.05, 3.63) is 40.7 Å². The molecular weight excluding hydrogens is 394 g/mol. The Morgan fingerprint density at radius 3 is 2.50 bits per heavy atom. The minimum atomic E-state index is -2.64. The predicted octanol–water partition coefficient (Wildman–Crippen LogP) is -0.414. The lowest BCUT2D eigenvalue weighted by molar-refractivity contribution is -0.152. The van der Waals surface area contributed by atoms with Gasteiger partial charge in [0.15, 0.2) is 11.4 Å². The summed E-state index contributed by atoms with van der Waals surface area (Å²) in [5.74, 6) is -6.20. The number of carbonyl (C=O) groups excluding carboxylic acids is 3. The third-order valence-corrected chi connectivity index (χ3v) is 6.13. The van der Waals surface area contributed by atoms with Crippen molar-refractivity contribution in [3.8, 4) is 5.75 Å². The molecule has 0 unspecified atom stereocenters. The summed E-state index contributed by atoms with van der Waals surface area (Å²) in [5, 5.41) is 46.0. The first kappa shape index (κ1) is 19.9. The maximum absolute atomic E-state index is 13.4. The lowest BCUT2D eigenvalue weighted by Crippen LogP contribution is -2.67. The smallest absolute Gasteiger partial charge is 0.255 e. The molecule has 1 aliphatic heterocycles. The summed E-state index contributed by atoms with van der Waals surface area (Å²) in [6.07, 6.45) is -0.0264. The van der Waals surface area contributed by atoms with Crippen molar-refractivity contribution >= 4 is 28.9 Å². The number of Topliss-reactive ketones (excluding diaryl/α,β-unsaturated/α-hetero) is 2. The number of anilines is 1. The van der Waals surface area contributed by atoms with E-state index in [1.165, 1.54) is 11.0 Å². The first-order chi connectivity index (χ1) is 14.0. The number of hydrogen-bond donors (Lipinski definition) is 6. The van der Waals surface area contributed by atoms with Crippen LogP contribution in [0.15, 0.2) is 35.1 Å². The number of primary amides is 1.